The van der Waals surface area contributed by atoms with Gasteiger partial charge in [0.05, 0.1) is 5.75 Å². The van der Waals surface area contributed by atoms with Crippen LogP contribution in [-0.4, -0.2) is 22.3 Å². The Morgan fingerprint density at radius 1 is 1.31 bits per heavy atom. The summed E-state index contributed by atoms with van der Waals surface area (Å²) in [6.45, 7) is 0.843. The van der Waals surface area contributed by atoms with Gasteiger partial charge in [-0.2, -0.15) is 11.8 Å². The molecule has 2 rings (SSSR count). The maximum atomic E-state index is 4.39. The van der Waals surface area contributed by atoms with Crippen molar-refractivity contribution in [3.8, 4) is 0 Å². The van der Waals surface area contributed by atoms with Crippen LogP contribution in [-0.2, 0) is 12.3 Å². The van der Waals surface area contributed by atoms with Gasteiger partial charge in [-0.1, -0.05) is 12.8 Å². The predicted molar refractivity (Wildman–Crippen MR) is 68.3 cm³/mol. The van der Waals surface area contributed by atoms with Crippen molar-refractivity contribution in [2.24, 2.45) is 0 Å². The van der Waals surface area contributed by atoms with Gasteiger partial charge in [-0.25, -0.2) is 9.97 Å². The lowest BCUT2D eigenvalue weighted by molar-refractivity contribution is 0.801. The van der Waals surface area contributed by atoms with Crippen LogP contribution in [0.5, 0.6) is 0 Å². The molecule has 88 valence electrons. The first-order valence-electron chi connectivity index (χ1n) is 5.94. The summed E-state index contributed by atoms with van der Waals surface area (Å²) in [7, 11) is 1.93. The van der Waals surface area contributed by atoms with Gasteiger partial charge in [0, 0.05) is 29.8 Å². The van der Waals surface area contributed by atoms with Crippen LogP contribution in [0.2, 0.25) is 0 Å². The van der Waals surface area contributed by atoms with Gasteiger partial charge in [0.25, 0.3) is 0 Å². The zero-order chi connectivity index (χ0) is 11.2. The molecule has 0 atom stereocenters. The van der Waals surface area contributed by atoms with E-state index in [2.05, 4.69) is 15.3 Å². The Morgan fingerprint density at radius 3 is 2.62 bits per heavy atom. The molecule has 1 fully saturated rings. The Balaban J connectivity index is 1.80. The Hall–Kier alpha value is -0.610. The first kappa shape index (κ1) is 11.9. The number of nitrogens with zero attached hydrogens (tertiary/aromatic N) is 2. The van der Waals surface area contributed by atoms with Gasteiger partial charge in [-0.3, -0.25) is 0 Å². The van der Waals surface area contributed by atoms with Crippen molar-refractivity contribution >= 4 is 11.8 Å². The van der Waals surface area contributed by atoms with E-state index in [0.29, 0.717) is 0 Å². The van der Waals surface area contributed by atoms with E-state index >= 15 is 0 Å². The largest absolute Gasteiger partial charge is 0.316 e. The van der Waals surface area contributed by atoms with Crippen LogP contribution in [0.4, 0.5) is 0 Å². The zero-order valence-corrected chi connectivity index (χ0v) is 10.6. The van der Waals surface area contributed by atoms with Crippen molar-refractivity contribution < 1.29 is 0 Å². The normalized spacial score (nSPS) is 16.8. The lowest BCUT2D eigenvalue weighted by Gasteiger charge is -2.07. The SMILES string of the molecule is CNCc1cnc(CSC2CCCC2)nc1. The molecule has 3 nitrogen and oxygen atoms in total. The van der Waals surface area contributed by atoms with E-state index in [9.17, 15) is 0 Å². The summed E-state index contributed by atoms with van der Waals surface area (Å²) in [4.78, 5) is 8.77. The van der Waals surface area contributed by atoms with Gasteiger partial charge in [-0.05, 0) is 19.9 Å². The number of hydrogen-bond donors (Lipinski definition) is 1. The molecule has 1 heterocycles. The molecule has 1 saturated carbocycles. The minimum atomic E-state index is 0.843. The molecule has 0 saturated heterocycles. The van der Waals surface area contributed by atoms with E-state index in [0.717, 1.165) is 28.9 Å². The molecule has 0 amide bonds. The first-order chi connectivity index (χ1) is 7.88. The highest BCUT2D eigenvalue weighted by molar-refractivity contribution is 7.99. The number of thioether (sulfide) groups is 1. The highest BCUT2D eigenvalue weighted by Crippen LogP contribution is 2.30. The topological polar surface area (TPSA) is 37.8 Å². The van der Waals surface area contributed by atoms with Gasteiger partial charge < -0.3 is 5.32 Å². The molecule has 0 spiro atoms. The quantitative estimate of drug-likeness (QED) is 0.853. The third-order valence-corrected chi connectivity index (χ3v) is 4.26. The van der Waals surface area contributed by atoms with Crippen molar-refractivity contribution in [2.45, 2.75) is 43.2 Å². The number of rotatable bonds is 5. The molecule has 1 aliphatic rings. The van der Waals surface area contributed by atoms with E-state index in [-0.39, 0.29) is 0 Å². The fourth-order valence-corrected chi connectivity index (χ4v) is 3.20. The Bertz CT molecular complexity index is 307. The van der Waals surface area contributed by atoms with E-state index < -0.39 is 0 Å². The van der Waals surface area contributed by atoms with Crippen molar-refractivity contribution in [1.82, 2.24) is 15.3 Å². The fourth-order valence-electron chi connectivity index (χ4n) is 2.00. The molecule has 16 heavy (non-hydrogen) atoms. The molecule has 0 bridgehead atoms. The monoisotopic (exact) mass is 237 g/mol. The summed E-state index contributed by atoms with van der Waals surface area (Å²) in [5.41, 5.74) is 1.15. The molecule has 4 heteroatoms. The summed E-state index contributed by atoms with van der Waals surface area (Å²) < 4.78 is 0. The van der Waals surface area contributed by atoms with Gasteiger partial charge in [-0.15, -0.1) is 0 Å². The second-order valence-corrected chi connectivity index (χ2v) is 5.54. The first-order valence-corrected chi connectivity index (χ1v) is 6.99. The lowest BCUT2D eigenvalue weighted by atomic mass is 10.3. The average molecular weight is 237 g/mol. The van der Waals surface area contributed by atoms with E-state index in [1.54, 1.807) is 0 Å². The smallest absolute Gasteiger partial charge is 0.138 e. The van der Waals surface area contributed by atoms with Crippen LogP contribution in [0, 0.1) is 0 Å². The Labute approximate surface area is 101 Å². The summed E-state index contributed by atoms with van der Waals surface area (Å²) in [6, 6.07) is 0. The second-order valence-electron chi connectivity index (χ2n) is 4.26. The summed E-state index contributed by atoms with van der Waals surface area (Å²) in [5, 5.41) is 3.94. The second kappa shape index (κ2) is 6.21. The predicted octanol–water partition coefficient (Wildman–Crippen LogP) is 2.37. The minimum absolute atomic E-state index is 0.843. The van der Waals surface area contributed by atoms with Crippen LogP contribution in [0.25, 0.3) is 0 Å². The maximum Gasteiger partial charge on any atom is 0.138 e. The highest BCUT2D eigenvalue weighted by Gasteiger charge is 2.15. The van der Waals surface area contributed by atoms with Crippen LogP contribution in [0.3, 0.4) is 0 Å². The van der Waals surface area contributed by atoms with Crippen LogP contribution in [0.15, 0.2) is 12.4 Å². The van der Waals surface area contributed by atoms with Crippen molar-refractivity contribution in [1.29, 1.82) is 0 Å². The summed E-state index contributed by atoms with van der Waals surface area (Å²) >= 11 is 2.02. The standard InChI is InChI=1S/C12H19N3S/c1-13-6-10-7-14-12(15-8-10)9-16-11-4-2-3-5-11/h7-8,11,13H,2-6,9H2,1H3. The third-order valence-electron chi connectivity index (χ3n) is 2.89. The highest BCUT2D eigenvalue weighted by atomic mass is 32.2. The molecule has 1 aliphatic carbocycles. The Morgan fingerprint density at radius 2 is 2.00 bits per heavy atom. The van der Waals surface area contributed by atoms with Crippen LogP contribution >= 0.6 is 11.8 Å². The van der Waals surface area contributed by atoms with Crippen molar-refractivity contribution in [3.05, 3.63) is 23.8 Å². The molecule has 0 unspecified atom stereocenters. The van der Waals surface area contributed by atoms with Gasteiger partial charge in [0.2, 0.25) is 0 Å². The molecule has 1 N–H and O–H groups in total. The molecule has 0 aromatic carbocycles. The van der Waals surface area contributed by atoms with E-state index in [4.69, 9.17) is 0 Å². The minimum Gasteiger partial charge on any atom is -0.316 e. The molecule has 0 radical (unpaired) electrons. The zero-order valence-electron chi connectivity index (χ0n) is 9.78. The number of nitrogens with one attached hydrogen (secondary N) is 1. The van der Waals surface area contributed by atoms with Gasteiger partial charge in [0.1, 0.15) is 5.82 Å². The number of hydrogen-bond acceptors (Lipinski definition) is 4. The van der Waals surface area contributed by atoms with Gasteiger partial charge >= 0.3 is 0 Å². The lowest BCUT2D eigenvalue weighted by Crippen LogP contribution is -2.06. The van der Waals surface area contributed by atoms with Crippen LogP contribution in [0.1, 0.15) is 37.1 Å². The van der Waals surface area contributed by atoms with Crippen molar-refractivity contribution in [2.75, 3.05) is 7.05 Å². The molecule has 1 aromatic heterocycles. The molecular formula is C12H19N3S. The molecular weight excluding hydrogens is 218 g/mol. The van der Waals surface area contributed by atoms with Crippen molar-refractivity contribution in [3.63, 3.8) is 0 Å². The van der Waals surface area contributed by atoms with Gasteiger partial charge in [0.15, 0.2) is 0 Å². The van der Waals surface area contributed by atoms with E-state index in [1.165, 1.54) is 25.7 Å². The molecule has 0 aliphatic heterocycles. The average Bonchev–Trinajstić information content (AvgIpc) is 2.82. The van der Waals surface area contributed by atoms with Crippen LogP contribution < -0.4 is 5.32 Å². The summed E-state index contributed by atoms with van der Waals surface area (Å²) in [6.07, 6.45) is 9.41. The van der Waals surface area contributed by atoms with E-state index in [1.807, 2.05) is 31.2 Å². The molecule has 1 aromatic rings. The maximum absolute atomic E-state index is 4.39. The third kappa shape index (κ3) is 3.46. The Kier molecular flexibility index (Phi) is 4.60. The summed E-state index contributed by atoms with van der Waals surface area (Å²) in [5.74, 6) is 1.93. The fraction of sp³-hybridized carbons (Fsp3) is 0.667. The number of aromatic nitrogens is 2.